The molecule has 1 saturated heterocycles. The van der Waals surface area contributed by atoms with Gasteiger partial charge in [-0.25, -0.2) is 4.98 Å². The second-order valence-corrected chi connectivity index (χ2v) is 10.8. The summed E-state index contributed by atoms with van der Waals surface area (Å²) in [5, 5.41) is 3.69. The number of anilines is 2. The minimum Gasteiger partial charge on any atom is -0.487 e. The maximum absolute atomic E-state index is 13.0. The Hall–Kier alpha value is -4.98. The summed E-state index contributed by atoms with van der Waals surface area (Å²) < 4.78 is 6.25. The van der Waals surface area contributed by atoms with Gasteiger partial charge in [-0.15, -0.1) is 0 Å². The summed E-state index contributed by atoms with van der Waals surface area (Å²) in [6.07, 6.45) is 4.54. The quantitative estimate of drug-likeness (QED) is 0.260. The van der Waals surface area contributed by atoms with Crippen molar-refractivity contribution < 1.29 is 19.1 Å². The van der Waals surface area contributed by atoms with Crippen LogP contribution in [0.2, 0.25) is 0 Å². The first-order valence-corrected chi connectivity index (χ1v) is 14.4. The molecule has 8 nitrogen and oxygen atoms in total. The third-order valence-electron chi connectivity index (χ3n) is 7.85. The van der Waals surface area contributed by atoms with E-state index in [4.69, 9.17) is 4.74 Å². The van der Waals surface area contributed by atoms with Gasteiger partial charge in [0.15, 0.2) is 0 Å². The van der Waals surface area contributed by atoms with Gasteiger partial charge >= 0.3 is 0 Å². The van der Waals surface area contributed by atoms with Gasteiger partial charge < -0.3 is 19.9 Å². The van der Waals surface area contributed by atoms with Crippen LogP contribution in [0.15, 0.2) is 72.8 Å². The van der Waals surface area contributed by atoms with Gasteiger partial charge in [-0.2, -0.15) is 0 Å². The Morgan fingerprint density at radius 2 is 1.81 bits per heavy atom. The highest BCUT2D eigenvalue weighted by atomic mass is 16.5. The molecule has 8 heteroatoms. The highest BCUT2D eigenvalue weighted by Crippen LogP contribution is 2.29. The van der Waals surface area contributed by atoms with Gasteiger partial charge in [0.1, 0.15) is 17.9 Å². The molecule has 2 heterocycles. The number of rotatable bonds is 9. The van der Waals surface area contributed by atoms with Crippen molar-refractivity contribution in [2.75, 3.05) is 29.9 Å². The zero-order valence-electron chi connectivity index (χ0n) is 25.0. The fourth-order valence-corrected chi connectivity index (χ4v) is 5.28. The molecule has 1 fully saturated rings. The molecule has 220 valence electrons. The van der Waals surface area contributed by atoms with Gasteiger partial charge in [0, 0.05) is 48.5 Å². The summed E-state index contributed by atoms with van der Waals surface area (Å²) in [7, 11) is 1.71. The minimum absolute atomic E-state index is 0.135. The van der Waals surface area contributed by atoms with E-state index in [1.807, 2.05) is 87.5 Å². The van der Waals surface area contributed by atoms with Crippen LogP contribution in [-0.2, 0) is 21.0 Å². The standard InChI is InChI=1S/C35H36N4O4/c1-23-10-18-30(25(3)29(23)22-43-31-8-5-7-27-15-11-24(2)37-35(27)31)38(4)34(42)21-36-32(40)19-14-26-12-16-28(17-13-26)39-20-6-9-33(39)41/h5,7-8,10-19H,6,9,20-22H2,1-4H3,(H,36,40)/b19-14+. The molecule has 1 aliphatic rings. The predicted octanol–water partition coefficient (Wildman–Crippen LogP) is 5.66. The van der Waals surface area contributed by atoms with Crippen LogP contribution in [0.3, 0.4) is 0 Å². The number of nitrogens with zero attached hydrogens (tertiary/aromatic N) is 3. The van der Waals surface area contributed by atoms with Gasteiger partial charge in [0.25, 0.3) is 0 Å². The highest BCUT2D eigenvalue weighted by molar-refractivity contribution is 5.99. The zero-order chi connectivity index (χ0) is 30.5. The molecule has 1 aromatic heterocycles. The normalized spacial score (nSPS) is 13.1. The number of aromatic nitrogens is 1. The van der Waals surface area contributed by atoms with E-state index >= 15 is 0 Å². The fourth-order valence-electron chi connectivity index (χ4n) is 5.28. The summed E-state index contributed by atoms with van der Waals surface area (Å²) in [6, 6.07) is 21.3. The number of hydrogen-bond acceptors (Lipinski definition) is 5. The lowest BCUT2D eigenvalue weighted by Crippen LogP contribution is -2.38. The number of hydrogen-bond donors (Lipinski definition) is 1. The second-order valence-electron chi connectivity index (χ2n) is 10.8. The van der Waals surface area contributed by atoms with Crippen molar-refractivity contribution in [1.29, 1.82) is 0 Å². The molecule has 0 saturated carbocycles. The molecule has 4 aromatic rings. The number of aryl methyl sites for hydroxylation is 2. The smallest absolute Gasteiger partial charge is 0.246 e. The molecule has 43 heavy (non-hydrogen) atoms. The summed E-state index contributed by atoms with van der Waals surface area (Å²) in [6.45, 7) is 6.88. The van der Waals surface area contributed by atoms with Crippen molar-refractivity contribution in [2.45, 2.75) is 40.2 Å². The third kappa shape index (κ3) is 6.75. The van der Waals surface area contributed by atoms with E-state index in [0.29, 0.717) is 18.8 Å². The van der Waals surface area contributed by atoms with Crippen LogP contribution in [0.5, 0.6) is 5.75 Å². The molecule has 0 spiro atoms. The van der Waals surface area contributed by atoms with Crippen molar-refractivity contribution in [2.24, 2.45) is 0 Å². The van der Waals surface area contributed by atoms with Crippen LogP contribution in [0.4, 0.5) is 11.4 Å². The first kappa shape index (κ1) is 29.5. The van der Waals surface area contributed by atoms with Crippen molar-refractivity contribution in [3.05, 3.63) is 101 Å². The van der Waals surface area contributed by atoms with Crippen LogP contribution in [0.25, 0.3) is 17.0 Å². The zero-order valence-corrected chi connectivity index (χ0v) is 25.0. The maximum Gasteiger partial charge on any atom is 0.246 e. The number of carbonyl (C=O) groups excluding carboxylic acids is 3. The second kappa shape index (κ2) is 12.9. The fraction of sp³-hybridized carbons (Fsp3) is 0.257. The number of para-hydroxylation sites is 1. The molecule has 0 unspecified atom stereocenters. The van der Waals surface area contributed by atoms with Gasteiger partial charge in [0.2, 0.25) is 17.7 Å². The topological polar surface area (TPSA) is 91.8 Å². The Kier molecular flexibility index (Phi) is 8.85. The largest absolute Gasteiger partial charge is 0.487 e. The van der Waals surface area contributed by atoms with E-state index in [1.165, 1.54) is 6.08 Å². The van der Waals surface area contributed by atoms with E-state index < -0.39 is 0 Å². The van der Waals surface area contributed by atoms with E-state index in [1.54, 1.807) is 22.9 Å². The SMILES string of the molecule is Cc1ccc2cccc(OCc3c(C)ccc(N(C)C(=O)CNC(=O)/C=C/c4ccc(N5CCCC5=O)cc4)c3C)c2n1. The van der Waals surface area contributed by atoms with Crippen molar-refractivity contribution in [3.63, 3.8) is 0 Å². The van der Waals surface area contributed by atoms with E-state index in [-0.39, 0.29) is 24.3 Å². The first-order valence-electron chi connectivity index (χ1n) is 14.4. The third-order valence-corrected chi connectivity index (χ3v) is 7.85. The Morgan fingerprint density at radius 1 is 1.02 bits per heavy atom. The van der Waals surface area contributed by atoms with Gasteiger partial charge in [-0.05, 0) is 85.9 Å². The number of likely N-dealkylation sites (N-methyl/N-ethyl adjacent to an activating group) is 1. The minimum atomic E-state index is -0.366. The number of carbonyl (C=O) groups is 3. The van der Waals surface area contributed by atoms with Gasteiger partial charge in [-0.1, -0.05) is 36.4 Å². The molecular weight excluding hydrogens is 540 g/mol. The number of nitrogens with one attached hydrogen (secondary N) is 1. The lowest BCUT2D eigenvalue weighted by Gasteiger charge is -2.23. The van der Waals surface area contributed by atoms with E-state index in [9.17, 15) is 14.4 Å². The first-order chi connectivity index (χ1) is 20.7. The van der Waals surface area contributed by atoms with E-state index in [2.05, 4.69) is 10.3 Å². The van der Waals surface area contributed by atoms with Crippen LogP contribution in [0, 0.1) is 20.8 Å². The molecule has 3 aromatic carbocycles. The molecule has 5 rings (SSSR count). The Bertz CT molecular complexity index is 1710. The van der Waals surface area contributed by atoms with Gasteiger partial charge in [-0.3, -0.25) is 14.4 Å². The Labute approximate surface area is 252 Å². The predicted molar refractivity (Wildman–Crippen MR) is 170 cm³/mol. The Morgan fingerprint density at radius 3 is 2.56 bits per heavy atom. The number of ether oxygens (including phenoxy) is 1. The summed E-state index contributed by atoms with van der Waals surface area (Å²) in [5.41, 5.74) is 7.17. The van der Waals surface area contributed by atoms with Crippen molar-refractivity contribution >= 4 is 46.1 Å². The van der Waals surface area contributed by atoms with E-state index in [0.717, 1.165) is 63.2 Å². The molecule has 1 aliphatic heterocycles. The molecule has 3 amide bonds. The number of fused-ring (bicyclic) bond motifs is 1. The number of pyridine rings is 1. The molecular formula is C35H36N4O4. The lowest BCUT2D eigenvalue weighted by molar-refractivity contribution is -0.122. The number of benzene rings is 3. The number of amides is 3. The van der Waals surface area contributed by atoms with Crippen LogP contribution >= 0.6 is 0 Å². The molecule has 0 radical (unpaired) electrons. The van der Waals surface area contributed by atoms with Crippen molar-refractivity contribution in [1.82, 2.24) is 10.3 Å². The Balaban J connectivity index is 1.19. The summed E-state index contributed by atoms with van der Waals surface area (Å²) in [5.74, 6) is 0.239. The van der Waals surface area contributed by atoms with Gasteiger partial charge in [0.05, 0.1) is 6.54 Å². The average Bonchev–Trinajstić information content (AvgIpc) is 3.44. The lowest BCUT2D eigenvalue weighted by atomic mass is 10.0. The summed E-state index contributed by atoms with van der Waals surface area (Å²) in [4.78, 5) is 45.4. The van der Waals surface area contributed by atoms with Crippen LogP contribution in [0.1, 0.15) is 40.8 Å². The van der Waals surface area contributed by atoms with Crippen LogP contribution < -0.4 is 19.9 Å². The molecule has 0 aliphatic carbocycles. The van der Waals surface area contributed by atoms with Crippen LogP contribution in [-0.4, -0.2) is 42.8 Å². The van der Waals surface area contributed by atoms with Crippen molar-refractivity contribution in [3.8, 4) is 5.75 Å². The summed E-state index contributed by atoms with van der Waals surface area (Å²) >= 11 is 0. The molecule has 0 bridgehead atoms. The molecule has 1 N–H and O–H groups in total. The maximum atomic E-state index is 13.0. The highest BCUT2D eigenvalue weighted by Gasteiger charge is 2.21. The molecule has 0 atom stereocenters. The average molecular weight is 577 g/mol. The monoisotopic (exact) mass is 576 g/mol.